The lowest BCUT2D eigenvalue weighted by molar-refractivity contribution is -0.117. The molecule has 172 valence electrons. The van der Waals surface area contributed by atoms with E-state index in [4.69, 9.17) is 0 Å². The van der Waals surface area contributed by atoms with Gasteiger partial charge in [-0.1, -0.05) is 18.2 Å². The summed E-state index contributed by atoms with van der Waals surface area (Å²) in [5.74, 6) is -0.0572. The van der Waals surface area contributed by atoms with Gasteiger partial charge >= 0.3 is 0 Å². The van der Waals surface area contributed by atoms with Crippen molar-refractivity contribution < 1.29 is 9.18 Å². The van der Waals surface area contributed by atoms with Gasteiger partial charge in [0.1, 0.15) is 23.5 Å². The van der Waals surface area contributed by atoms with Crippen LogP contribution in [0.2, 0.25) is 0 Å². The van der Waals surface area contributed by atoms with Crippen LogP contribution in [0.4, 0.5) is 10.2 Å². The van der Waals surface area contributed by atoms with Crippen LogP contribution in [0.1, 0.15) is 22.6 Å². The van der Waals surface area contributed by atoms with Crippen molar-refractivity contribution in [2.75, 3.05) is 18.9 Å². The number of aromatic nitrogens is 3. The lowest BCUT2D eigenvalue weighted by Crippen LogP contribution is -2.31. The fourth-order valence-electron chi connectivity index (χ4n) is 3.94. The van der Waals surface area contributed by atoms with Crippen LogP contribution in [0.25, 0.3) is 16.6 Å². The lowest BCUT2D eigenvalue weighted by Gasteiger charge is -2.17. The number of hydrogen-bond donors (Lipinski definition) is 2. The fraction of sp³-hybridized carbons (Fsp3) is 0.200. The average molecular weight is 458 g/mol. The van der Waals surface area contributed by atoms with Gasteiger partial charge in [-0.15, -0.1) is 0 Å². The number of carbonyl (C=O) groups is 1. The van der Waals surface area contributed by atoms with Gasteiger partial charge in [0.2, 0.25) is 5.91 Å². The average Bonchev–Trinajstić information content (AvgIpc) is 3.02. The molecule has 0 aliphatic heterocycles. The minimum absolute atomic E-state index is 0.0200. The van der Waals surface area contributed by atoms with E-state index in [-0.39, 0.29) is 24.6 Å². The molecular formula is C25H23FN6O2. The van der Waals surface area contributed by atoms with Crippen LogP contribution < -0.4 is 10.9 Å². The number of hydrogen-bond acceptors (Lipinski definition) is 5. The van der Waals surface area contributed by atoms with E-state index in [2.05, 4.69) is 21.4 Å². The van der Waals surface area contributed by atoms with Gasteiger partial charge in [0, 0.05) is 5.69 Å². The number of nitriles is 1. The van der Waals surface area contributed by atoms with Crippen molar-refractivity contribution in [1.82, 2.24) is 19.4 Å². The van der Waals surface area contributed by atoms with E-state index in [1.807, 2.05) is 6.92 Å². The summed E-state index contributed by atoms with van der Waals surface area (Å²) in [6.07, 6.45) is 0. The van der Waals surface area contributed by atoms with Crippen molar-refractivity contribution in [1.29, 1.82) is 5.26 Å². The number of para-hydroxylation sites is 1. The third-order valence-corrected chi connectivity index (χ3v) is 5.64. The number of nitrogens with zero attached hydrogens (tertiary/aromatic N) is 4. The van der Waals surface area contributed by atoms with Gasteiger partial charge in [-0.05, 0) is 56.8 Å². The molecule has 0 aliphatic rings. The molecule has 0 atom stereocenters. The van der Waals surface area contributed by atoms with Crippen molar-refractivity contribution in [3.63, 3.8) is 0 Å². The summed E-state index contributed by atoms with van der Waals surface area (Å²) in [5, 5.41) is 13.0. The molecule has 4 rings (SSSR count). The van der Waals surface area contributed by atoms with E-state index < -0.39 is 5.82 Å². The summed E-state index contributed by atoms with van der Waals surface area (Å²) in [5.41, 5.74) is 2.59. The maximum absolute atomic E-state index is 13.9. The molecular weight excluding hydrogens is 435 g/mol. The Morgan fingerprint density at radius 3 is 2.74 bits per heavy atom. The van der Waals surface area contributed by atoms with Crippen LogP contribution in [-0.2, 0) is 11.3 Å². The highest BCUT2D eigenvalue weighted by molar-refractivity contribution is 5.93. The van der Waals surface area contributed by atoms with E-state index in [0.717, 1.165) is 5.69 Å². The summed E-state index contributed by atoms with van der Waals surface area (Å²) < 4.78 is 15.5. The molecule has 0 bridgehead atoms. The normalized spacial score (nSPS) is 11.1. The molecule has 2 aromatic carbocycles. The van der Waals surface area contributed by atoms with Gasteiger partial charge in [0.25, 0.3) is 5.56 Å². The molecule has 2 aromatic heterocycles. The highest BCUT2D eigenvalue weighted by atomic mass is 19.1. The highest BCUT2D eigenvalue weighted by Gasteiger charge is 2.21. The van der Waals surface area contributed by atoms with Crippen LogP contribution in [0.5, 0.6) is 0 Å². The monoisotopic (exact) mass is 458 g/mol. The number of fused-ring (bicyclic) bond motifs is 1. The molecule has 8 nitrogen and oxygen atoms in total. The number of anilines is 1. The molecule has 4 aromatic rings. The molecule has 2 heterocycles. The Balaban J connectivity index is 1.56. The van der Waals surface area contributed by atoms with E-state index >= 15 is 0 Å². The maximum atomic E-state index is 13.9. The molecule has 9 heteroatoms. The smallest absolute Gasteiger partial charge is 0.258 e. The number of H-pyrrole nitrogens is 1. The molecule has 0 spiro atoms. The van der Waals surface area contributed by atoms with Gasteiger partial charge in [-0.3, -0.25) is 19.1 Å². The second kappa shape index (κ2) is 9.29. The third-order valence-electron chi connectivity index (χ3n) is 5.64. The number of likely N-dealkylation sites (N-methyl/N-ethyl adjacent to an activating group) is 1. The SMILES string of the molecule is Cc1c(C#N)c(NC(=O)CN(C)Cc2nc3ccccc3c(=O)[nH]2)n(-c2cccc(F)c2)c1C. The molecule has 0 unspecified atom stereocenters. The summed E-state index contributed by atoms with van der Waals surface area (Å²) >= 11 is 0. The quantitative estimate of drug-likeness (QED) is 0.461. The third kappa shape index (κ3) is 4.44. The van der Waals surface area contributed by atoms with Crippen molar-refractivity contribution in [2.24, 2.45) is 0 Å². The van der Waals surface area contributed by atoms with E-state index in [1.165, 1.54) is 12.1 Å². The first-order valence-corrected chi connectivity index (χ1v) is 10.6. The van der Waals surface area contributed by atoms with E-state index in [1.54, 1.807) is 59.8 Å². The Morgan fingerprint density at radius 1 is 1.24 bits per heavy atom. The highest BCUT2D eigenvalue weighted by Crippen LogP contribution is 2.30. The molecule has 1 amide bonds. The zero-order valence-electron chi connectivity index (χ0n) is 19.0. The van der Waals surface area contributed by atoms with Gasteiger partial charge < -0.3 is 10.3 Å². The summed E-state index contributed by atoms with van der Waals surface area (Å²) in [4.78, 5) is 34.1. The molecule has 34 heavy (non-hydrogen) atoms. The molecule has 0 aliphatic carbocycles. The Hall–Kier alpha value is -4.29. The second-order valence-corrected chi connectivity index (χ2v) is 8.11. The summed E-state index contributed by atoms with van der Waals surface area (Å²) in [7, 11) is 1.72. The standard InChI is InChI=1S/C25H23FN6O2/c1-15-16(2)32(18-8-6-7-17(26)11-18)24(20(15)12-27)30-23(33)14-31(3)13-22-28-21-10-5-4-9-19(21)25(34)29-22/h4-11H,13-14H2,1-3H3,(H,30,33)(H,28,29,34). The van der Waals surface area contributed by atoms with E-state index in [0.29, 0.717) is 39.4 Å². The Bertz CT molecular complexity index is 1500. The van der Waals surface area contributed by atoms with Crippen LogP contribution >= 0.6 is 0 Å². The van der Waals surface area contributed by atoms with Crippen molar-refractivity contribution >= 4 is 22.6 Å². The zero-order valence-corrected chi connectivity index (χ0v) is 19.0. The van der Waals surface area contributed by atoms with Crippen LogP contribution in [0.15, 0.2) is 53.3 Å². The summed E-state index contributed by atoms with van der Waals surface area (Å²) in [6.45, 7) is 3.81. The second-order valence-electron chi connectivity index (χ2n) is 8.11. The number of nitrogens with one attached hydrogen (secondary N) is 2. The van der Waals surface area contributed by atoms with Gasteiger partial charge in [0.15, 0.2) is 0 Å². The molecule has 0 saturated heterocycles. The van der Waals surface area contributed by atoms with Crippen molar-refractivity contribution in [3.8, 4) is 11.8 Å². The predicted octanol–water partition coefficient (Wildman–Crippen LogP) is 3.41. The lowest BCUT2D eigenvalue weighted by atomic mass is 10.2. The van der Waals surface area contributed by atoms with Gasteiger partial charge in [0.05, 0.1) is 35.2 Å². The molecule has 0 radical (unpaired) electrons. The minimum Gasteiger partial charge on any atom is -0.310 e. The van der Waals surface area contributed by atoms with Crippen LogP contribution in [0.3, 0.4) is 0 Å². The number of benzene rings is 2. The topological polar surface area (TPSA) is 107 Å². The largest absolute Gasteiger partial charge is 0.310 e. The summed E-state index contributed by atoms with van der Waals surface area (Å²) in [6, 6.07) is 15.1. The number of halogens is 1. The number of carbonyl (C=O) groups excluding carboxylic acids is 1. The molecule has 2 N–H and O–H groups in total. The maximum Gasteiger partial charge on any atom is 0.258 e. The Kier molecular flexibility index (Phi) is 6.25. The fourth-order valence-corrected chi connectivity index (χ4v) is 3.94. The van der Waals surface area contributed by atoms with Crippen LogP contribution in [-0.4, -0.2) is 38.9 Å². The van der Waals surface area contributed by atoms with Crippen LogP contribution in [0, 0.1) is 31.0 Å². The first kappa shape index (κ1) is 22.9. The number of rotatable bonds is 6. The first-order chi connectivity index (χ1) is 16.3. The number of amides is 1. The van der Waals surface area contributed by atoms with Crippen molar-refractivity contribution in [3.05, 3.63) is 87.3 Å². The van der Waals surface area contributed by atoms with E-state index in [9.17, 15) is 19.2 Å². The predicted molar refractivity (Wildman–Crippen MR) is 127 cm³/mol. The Morgan fingerprint density at radius 2 is 2.00 bits per heavy atom. The van der Waals surface area contributed by atoms with Crippen molar-refractivity contribution in [2.45, 2.75) is 20.4 Å². The molecule has 0 fully saturated rings. The number of aromatic amines is 1. The minimum atomic E-state index is -0.421. The zero-order chi connectivity index (χ0) is 24.4. The van der Waals surface area contributed by atoms with Gasteiger partial charge in [-0.2, -0.15) is 5.26 Å². The van der Waals surface area contributed by atoms with Gasteiger partial charge in [-0.25, -0.2) is 9.37 Å². The Labute approximate surface area is 195 Å². The first-order valence-electron chi connectivity index (χ1n) is 10.6. The molecule has 0 saturated carbocycles.